The molecule has 0 saturated carbocycles. The second-order valence-electron chi connectivity index (χ2n) is 7.25. The summed E-state index contributed by atoms with van der Waals surface area (Å²) < 4.78 is 1.62. The van der Waals surface area contributed by atoms with Gasteiger partial charge in [-0.3, -0.25) is 4.79 Å². The van der Waals surface area contributed by atoms with Gasteiger partial charge >= 0.3 is 5.97 Å². The van der Waals surface area contributed by atoms with Gasteiger partial charge in [-0.2, -0.15) is 5.10 Å². The van der Waals surface area contributed by atoms with E-state index in [2.05, 4.69) is 10.1 Å². The standard InChI is InChI=1S/C23H18N4O3/c28-22(26-14-17-9-5-4-8-16(17)12-20(26)23(29)30)18-13-25-27-19(10-11-24-21(18)27)15-6-2-1-3-7-15/h1-11,13,20H,12,14H2,(H,29,30)/t20-/m0/s1. The van der Waals surface area contributed by atoms with Crippen molar-refractivity contribution in [3.8, 4) is 11.3 Å². The van der Waals surface area contributed by atoms with E-state index in [1.54, 1.807) is 10.7 Å². The third-order valence-corrected chi connectivity index (χ3v) is 5.50. The number of hydrogen-bond acceptors (Lipinski definition) is 4. The average molecular weight is 398 g/mol. The molecule has 7 nitrogen and oxygen atoms in total. The Kier molecular flexibility index (Phi) is 4.28. The molecule has 0 spiro atoms. The highest BCUT2D eigenvalue weighted by molar-refractivity contribution is 6.01. The van der Waals surface area contributed by atoms with E-state index in [1.807, 2.05) is 60.7 Å². The third kappa shape index (κ3) is 2.91. The Morgan fingerprint density at radius 3 is 2.47 bits per heavy atom. The van der Waals surface area contributed by atoms with Crippen LogP contribution in [-0.2, 0) is 17.8 Å². The van der Waals surface area contributed by atoms with Crippen molar-refractivity contribution in [2.24, 2.45) is 0 Å². The summed E-state index contributed by atoms with van der Waals surface area (Å²) in [5.41, 5.74) is 4.36. The van der Waals surface area contributed by atoms with Gasteiger partial charge < -0.3 is 10.0 Å². The van der Waals surface area contributed by atoms with E-state index in [0.717, 1.165) is 22.4 Å². The molecule has 1 amide bonds. The second kappa shape index (κ2) is 7.11. The highest BCUT2D eigenvalue weighted by Gasteiger charge is 2.36. The van der Waals surface area contributed by atoms with E-state index in [0.29, 0.717) is 11.2 Å². The molecular formula is C23H18N4O3. The van der Waals surface area contributed by atoms with Crippen molar-refractivity contribution < 1.29 is 14.7 Å². The van der Waals surface area contributed by atoms with Crippen LogP contribution in [0.4, 0.5) is 0 Å². The van der Waals surface area contributed by atoms with Crippen molar-refractivity contribution in [2.45, 2.75) is 19.0 Å². The third-order valence-electron chi connectivity index (χ3n) is 5.50. The molecule has 2 aromatic heterocycles. The van der Waals surface area contributed by atoms with Gasteiger partial charge in [0.2, 0.25) is 0 Å². The molecule has 4 aromatic rings. The fourth-order valence-electron chi connectivity index (χ4n) is 3.98. The van der Waals surface area contributed by atoms with Crippen molar-refractivity contribution in [1.29, 1.82) is 0 Å². The Bertz CT molecular complexity index is 1270. The molecule has 3 heterocycles. The highest BCUT2D eigenvalue weighted by atomic mass is 16.4. The maximum Gasteiger partial charge on any atom is 0.326 e. The Morgan fingerprint density at radius 2 is 1.70 bits per heavy atom. The molecule has 7 heteroatoms. The predicted molar refractivity (Wildman–Crippen MR) is 110 cm³/mol. The van der Waals surface area contributed by atoms with Crippen molar-refractivity contribution in [3.05, 3.63) is 89.7 Å². The molecule has 1 aliphatic heterocycles. The lowest BCUT2D eigenvalue weighted by atomic mass is 9.93. The van der Waals surface area contributed by atoms with Crippen molar-refractivity contribution >= 4 is 17.5 Å². The number of hydrogen-bond donors (Lipinski definition) is 1. The molecule has 1 N–H and O–H groups in total. The molecule has 1 aliphatic rings. The molecule has 5 rings (SSSR count). The van der Waals surface area contributed by atoms with Gasteiger partial charge in [0, 0.05) is 24.7 Å². The SMILES string of the molecule is O=C(O)[C@@H]1Cc2ccccc2CN1C(=O)c1cnn2c(-c3ccccc3)ccnc12. The minimum Gasteiger partial charge on any atom is -0.480 e. The number of carboxylic acid groups (broad SMARTS) is 1. The molecule has 0 aliphatic carbocycles. The molecule has 0 saturated heterocycles. The lowest BCUT2D eigenvalue weighted by molar-refractivity contribution is -0.142. The number of carbonyl (C=O) groups excluding carboxylic acids is 1. The van der Waals surface area contributed by atoms with Crippen molar-refractivity contribution in [3.63, 3.8) is 0 Å². The van der Waals surface area contributed by atoms with E-state index in [-0.39, 0.29) is 18.9 Å². The van der Waals surface area contributed by atoms with Crippen molar-refractivity contribution in [1.82, 2.24) is 19.5 Å². The molecular weight excluding hydrogens is 380 g/mol. The number of aliphatic carboxylic acids is 1. The summed E-state index contributed by atoms with van der Waals surface area (Å²) in [6.07, 6.45) is 3.38. The molecule has 0 radical (unpaired) electrons. The van der Waals surface area contributed by atoms with Gasteiger partial charge in [0.05, 0.1) is 11.9 Å². The molecule has 0 fully saturated rings. The number of carboxylic acids is 1. The van der Waals surface area contributed by atoms with Crippen LogP contribution in [0.2, 0.25) is 0 Å². The van der Waals surface area contributed by atoms with Crippen LogP contribution >= 0.6 is 0 Å². The minimum absolute atomic E-state index is 0.238. The molecule has 2 aromatic carbocycles. The zero-order valence-electron chi connectivity index (χ0n) is 16.0. The Hall–Kier alpha value is -4.00. The summed E-state index contributed by atoms with van der Waals surface area (Å²) in [6, 6.07) is 18.2. The summed E-state index contributed by atoms with van der Waals surface area (Å²) in [5, 5.41) is 14.1. The zero-order valence-corrected chi connectivity index (χ0v) is 16.0. The van der Waals surface area contributed by atoms with E-state index in [4.69, 9.17) is 0 Å². The van der Waals surface area contributed by atoms with E-state index in [1.165, 1.54) is 11.1 Å². The van der Waals surface area contributed by atoms with E-state index < -0.39 is 12.0 Å². The molecule has 148 valence electrons. The van der Waals surface area contributed by atoms with Crippen LogP contribution in [0, 0.1) is 0 Å². The second-order valence-corrected chi connectivity index (χ2v) is 7.25. The maximum absolute atomic E-state index is 13.4. The quantitative estimate of drug-likeness (QED) is 0.573. The van der Waals surface area contributed by atoms with Gasteiger partial charge in [-0.05, 0) is 17.2 Å². The fourth-order valence-corrected chi connectivity index (χ4v) is 3.98. The Labute approximate surface area is 172 Å². The van der Waals surface area contributed by atoms with Crippen LogP contribution in [0.5, 0.6) is 0 Å². The van der Waals surface area contributed by atoms with Crippen LogP contribution in [-0.4, -0.2) is 42.5 Å². The first-order chi connectivity index (χ1) is 14.6. The number of fused-ring (bicyclic) bond motifs is 2. The summed E-state index contributed by atoms with van der Waals surface area (Å²) >= 11 is 0. The maximum atomic E-state index is 13.4. The number of nitrogens with zero attached hydrogens (tertiary/aromatic N) is 4. The zero-order chi connectivity index (χ0) is 20.7. The smallest absolute Gasteiger partial charge is 0.326 e. The van der Waals surface area contributed by atoms with Crippen LogP contribution < -0.4 is 0 Å². The number of aromatic nitrogens is 3. The molecule has 0 unspecified atom stereocenters. The van der Waals surface area contributed by atoms with E-state index >= 15 is 0 Å². The fraction of sp³-hybridized carbons (Fsp3) is 0.130. The van der Waals surface area contributed by atoms with Gasteiger partial charge in [-0.15, -0.1) is 0 Å². The predicted octanol–water partition coefficient (Wildman–Crippen LogP) is 3.05. The van der Waals surface area contributed by atoms with Crippen LogP contribution in [0.1, 0.15) is 21.5 Å². The van der Waals surface area contributed by atoms with Gasteiger partial charge in [0.25, 0.3) is 5.91 Å². The topological polar surface area (TPSA) is 87.8 Å². The molecule has 1 atom stereocenters. The monoisotopic (exact) mass is 398 g/mol. The lowest BCUT2D eigenvalue weighted by Gasteiger charge is -2.34. The Morgan fingerprint density at radius 1 is 0.967 bits per heavy atom. The highest BCUT2D eigenvalue weighted by Crippen LogP contribution is 2.27. The first-order valence-electron chi connectivity index (χ1n) is 9.62. The lowest BCUT2D eigenvalue weighted by Crippen LogP contribution is -2.48. The summed E-state index contributed by atoms with van der Waals surface area (Å²) in [4.78, 5) is 31.1. The van der Waals surface area contributed by atoms with Gasteiger partial charge in [0.1, 0.15) is 11.6 Å². The summed E-state index contributed by atoms with van der Waals surface area (Å²) in [6.45, 7) is 0.238. The van der Waals surface area contributed by atoms with Gasteiger partial charge in [-0.25, -0.2) is 14.3 Å². The van der Waals surface area contributed by atoms with Gasteiger partial charge in [0.15, 0.2) is 5.65 Å². The van der Waals surface area contributed by atoms with Crippen LogP contribution in [0.3, 0.4) is 0 Å². The number of benzene rings is 2. The normalized spacial score (nSPS) is 15.7. The molecule has 0 bridgehead atoms. The first kappa shape index (κ1) is 18.1. The largest absolute Gasteiger partial charge is 0.480 e. The summed E-state index contributed by atoms with van der Waals surface area (Å²) in [5.74, 6) is -1.41. The van der Waals surface area contributed by atoms with Gasteiger partial charge in [-0.1, -0.05) is 54.6 Å². The van der Waals surface area contributed by atoms with E-state index in [9.17, 15) is 14.7 Å². The van der Waals surface area contributed by atoms with Crippen LogP contribution in [0.15, 0.2) is 73.1 Å². The Balaban J connectivity index is 1.57. The molecule has 30 heavy (non-hydrogen) atoms. The van der Waals surface area contributed by atoms with Crippen LogP contribution in [0.25, 0.3) is 16.9 Å². The average Bonchev–Trinajstić information content (AvgIpc) is 3.22. The number of rotatable bonds is 3. The first-order valence-corrected chi connectivity index (χ1v) is 9.62. The number of carbonyl (C=O) groups is 2. The minimum atomic E-state index is -1.02. The van der Waals surface area contributed by atoms with Crippen molar-refractivity contribution in [2.75, 3.05) is 0 Å². The number of amides is 1. The summed E-state index contributed by atoms with van der Waals surface area (Å²) in [7, 11) is 0.